The standard InChI is InChI=1S/C21H27NO2/c1-4-19(24-20-13-12-16(2)15-17(20)3)21(23)22-14-8-11-18-9-6-5-7-10-18/h5-7,9-10,12-13,15,19H,4,8,11,14H2,1-3H3,(H,22,23)/t19-/m0/s1. The summed E-state index contributed by atoms with van der Waals surface area (Å²) in [5.41, 5.74) is 3.55. The van der Waals surface area contributed by atoms with Crippen molar-refractivity contribution >= 4 is 5.91 Å². The summed E-state index contributed by atoms with van der Waals surface area (Å²) in [5.74, 6) is 0.748. The molecule has 24 heavy (non-hydrogen) atoms. The molecule has 1 atom stereocenters. The van der Waals surface area contributed by atoms with Crippen molar-refractivity contribution in [2.24, 2.45) is 0 Å². The molecule has 3 heteroatoms. The van der Waals surface area contributed by atoms with Crippen LogP contribution in [0.3, 0.4) is 0 Å². The smallest absolute Gasteiger partial charge is 0.261 e. The molecule has 128 valence electrons. The first-order chi connectivity index (χ1) is 11.6. The van der Waals surface area contributed by atoms with E-state index in [2.05, 4.69) is 23.5 Å². The predicted octanol–water partition coefficient (Wildman–Crippen LogP) is 4.21. The van der Waals surface area contributed by atoms with E-state index in [4.69, 9.17) is 4.74 Å². The topological polar surface area (TPSA) is 38.3 Å². The molecule has 0 saturated carbocycles. The first-order valence-electron chi connectivity index (χ1n) is 8.65. The Labute approximate surface area is 145 Å². The van der Waals surface area contributed by atoms with E-state index in [0.29, 0.717) is 13.0 Å². The highest BCUT2D eigenvalue weighted by atomic mass is 16.5. The van der Waals surface area contributed by atoms with Crippen LogP contribution in [0.2, 0.25) is 0 Å². The Kier molecular flexibility index (Phi) is 6.86. The highest BCUT2D eigenvalue weighted by Gasteiger charge is 2.18. The number of rotatable bonds is 8. The van der Waals surface area contributed by atoms with E-state index in [9.17, 15) is 4.79 Å². The third-order valence-electron chi connectivity index (χ3n) is 4.05. The zero-order chi connectivity index (χ0) is 17.4. The molecule has 0 unspecified atom stereocenters. The molecular weight excluding hydrogens is 298 g/mol. The van der Waals surface area contributed by atoms with Crippen LogP contribution >= 0.6 is 0 Å². The number of hydrogen-bond donors (Lipinski definition) is 1. The lowest BCUT2D eigenvalue weighted by Gasteiger charge is -2.19. The SMILES string of the molecule is CC[C@H](Oc1ccc(C)cc1C)C(=O)NCCCc1ccccc1. The van der Waals surface area contributed by atoms with Crippen LogP contribution < -0.4 is 10.1 Å². The van der Waals surface area contributed by atoms with Crippen molar-refractivity contribution in [1.29, 1.82) is 0 Å². The lowest BCUT2D eigenvalue weighted by molar-refractivity contribution is -0.128. The van der Waals surface area contributed by atoms with E-state index in [1.807, 2.05) is 51.1 Å². The molecule has 0 fully saturated rings. The zero-order valence-electron chi connectivity index (χ0n) is 14.8. The van der Waals surface area contributed by atoms with Gasteiger partial charge in [-0.25, -0.2) is 0 Å². The summed E-state index contributed by atoms with van der Waals surface area (Å²) in [4.78, 5) is 12.3. The lowest BCUT2D eigenvalue weighted by Crippen LogP contribution is -2.38. The number of carbonyl (C=O) groups excluding carboxylic acids is 1. The molecule has 0 bridgehead atoms. The molecule has 0 aromatic heterocycles. The Hall–Kier alpha value is -2.29. The minimum Gasteiger partial charge on any atom is -0.480 e. The summed E-state index contributed by atoms with van der Waals surface area (Å²) in [6, 6.07) is 16.3. The van der Waals surface area contributed by atoms with Crippen molar-refractivity contribution in [3.05, 3.63) is 65.2 Å². The summed E-state index contributed by atoms with van der Waals surface area (Å²) >= 11 is 0. The number of nitrogens with one attached hydrogen (secondary N) is 1. The molecule has 0 saturated heterocycles. The Morgan fingerprint density at radius 1 is 1.12 bits per heavy atom. The second-order valence-corrected chi connectivity index (χ2v) is 6.16. The second-order valence-electron chi connectivity index (χ2n) is 6.16. The van der Waals surface area contributed by atoms with Gasteiger partial charge in [0, 0.05) is 6.54 Å². The van der Waals surface area contributed by atoms with Crippen molar-refractivity contribution in [2.45, 2.75) is 46.1 Å². The van der Waals surface area contributed by atoms with Gasteiger partial charge in [-0.2, -0.15) is 0 Å². The van der Waals surface area contributed by atoms with E-state index in [1.165, 1.54) is 11.1 Å². The van der Waals surface area contributed by atoms with Crippen LogP contribution in [0, 0.1) is 13.8 Å². The Balaban J connectivity index is 1.80. The molecule has 2 rings (SSSR count). The van der Waals surface area contributed by atoms with Crippen LogP contribution in [0.5, 0.6) is 5.75 Å². The summed E-state index contributed by atoms with van der Waals surface area (Å²) in [5, 5.41) is 2.99. The molecule has 3 nitrogen and oxygen atoms in total. The largest absolute Gasteiger partial charge is 0.480 e. The molecule has 0 radical (unpaired) electrons. The molecule has 0 aliphatic rings. The van der Waals surface area contributed by atoms with Crippen LogP contribution in [0.15, 0.2) is 48.5 Å². The van der Waals surface area contributed by atoms with Gasteiger partial charge in [0.2, 0.25) is 0 Å². The Morgan fingerprint density at radius 3 is 2.54 bits per heavy atom. The minimum atomic E-state index is -0.442. The van der Waals surface area contributed by atoms with Gasteiger partial charge in [-0.15, -0.1) is 0 Å². The highest BCUT2D eigenvalue weighted by Crippen LogP contribution is 2.20. The number of ether oxygens (including phenoxy) is 1. The number of carbonyl (C=O) groups is 1. The van der Waals surface area contributed by atoms with Crippen LogP contribution in [0.25, 0.3) is 0 Å². The van der Waals surface area contributed by atoms with E-state index >= 15 is 0 Å². The van der Waals surface area contributed by atoms with Gasteiger partial charge in [-0.3, -0.25) is 4.79 Å². The molecule has 0 heterocycles. The molecule has 1 amide bonds. The number of hydrogen-bond acceptors (Lipinski definition) is 2. The van der Waals surface area contributed by atoms with Gasteiger partial charge in [0.1, 0.15) is 5.75 Å². The van der Waals surface area contributed by atoms with Gasteiger partial charge in [0.25, 0.3) is 5.91 Å². The fourth-order valence-corrected chi connectivity index (χ4v) is 2.67. The monoisotopic (exact) mass is 325 g/mol. The van der Waals surface area contributed by atoms with Crippen molar-refractivity contribution < 1.29 is 9.53 Å². The zero-order valence-corrected chi connectivity index (χ0v) is 14.8. The van der Waals surface area contributed by atoms with Gasteiger partial charge in [-0.05, 0) is 50.3 Å². The van der Waals surface area contributed by atoms with E-state index in [0.717, 1.165) is 24.2 Å². The number of benzene rings is 2. The highest BCUT2D eigenvalue weighted by molar-refractivity contribution is 5.81. The molecule has 2 aromatic rings. The molecule has 0 aliphatic carbocycles. The van der Waals surface area contributed by atoms with Crippen LogP contribution in [-0.2, 0) is 11.2 Å². The maximum Gasteiger partial charge on any atom is 0.261 e. The van der Waals surface area contributed by atoms with Crippen LogP contribution in [-0.4, -0.2) is 18.6 Å². The van der Waals surface area contributed by atoms with Gasteiger partial charge >= 0.3 is 0 Å². The number of aryl methyl sites for hydroxylation is 3. The summed E-state index contributed by atoms with van der Waals surface area (Å²) in [6.45, 7) is 6.69. The quantitative estimate of drug-likeness (QED) is 0.738. The Morgan fingerprint density at radius 2 is 1.88 bits per heavy atom. The summed E-state index contributed by atoms with van der Waals surface area (Å²) in [6.07, 6.45) is 2.10. The first-order valence-corrected chi connectivity index (χ1v) is 8.65. The van der Waals surface area contributed by atoms with Crippen LogP contribution in [0.4, 0.5) is 0 Å². The third kappa shape index (κ3) is 5.41. The maximum absolute atomic E-state index is 12.3. The summed E-state index contributed by atoms with van der Waals surface area (Å²) < 4.78 is 5.91. The fraction of sp³-hybridized carbons (Fsp3) is 0.381. The molecule has 0 aliphatic heterocycles. The fourth-order valence-electron chi connectivity index (χ4n) is 2.67. The van der Waals surface area contributed by atoms with Crippen molar-refractivity contribution in [2.75, 3.05) is 6.54 Å². The summed E-state index contributed by atoms with van der Waals surface area (Å²) in [7, 11) is 0. The molecule has 0 spiro atoms. The van der Waals surface area contributed by atoms with Gasteiger partial charge in [-0.1, -0.05) is 55.0 Å². The average molecular weight is 325 g/mol. The Bertz CT molecular complexity index is 652. The first kappa shape index (κ1) is 18.1. The third-order valence-corrected chi connectivity index (χ3v) is 4.05. The van der Waals surface area contributed by atoms with Crippen molar-refractivity contribution in [3.63, 3.8) is 0 Å². The minimum absolute atomic E-state index is 0.0365. The second kappa shape index (κ2) is 9.11. The maximum atomic E-state index is 12.3. The van der Waals surface area contributed by atoms with E-state index in [-0.39, 0.29) is 5.91 Å². The normalized spacial score (nSPS) is 11.8. The molecule has 2 aromatic carbocycles. The van der Waals surface area contributed by atoms with Gasteiger partial charge in [0.05, 0.1) is 0 Å². The van der Waals surface area contributed by atoms with E-state index in [1.54, 1.807) is 0 Å². The predicted molar refractivity (Wildman–Crippen MR) is 98.4 cm³/mol. The van der Waals surface area contributed by atoms with Crippen molar-refractivity contribution in [1.82, 2.24) is 5.32 Å². The van der Waals surface area contributed by atoms with Gasteiger partial charge in [0.15, 0.2) is 6.10 Å². The molecular formula is C21H27NO2. The van der Waals surface area contributed by atoms with Crippen LogP contribution in [0.1, 0.15) is 36.5 Å². The van der Waals surface area contributed by atoms with Crippen molar-refractivity contribution in [3.8, 4) is 5.75 Å². The number of amides is 1. The molecule has 1 N–H and O–H groups in total. The lowest BCUT2D eigenvalue weighted by atomic mass is 10.1. The average Bonchev–Trinajstić information content (AvgIpc) is 2.59. The van der Waals surface area contributed by atoms with Gasteiger partial charge < -0.3 is 10.1 Å². The van der Waals surface area contributed by atoms with E-state index < -0.39 is 6.10 Å².